The van der Waals surface area contributed by atoms with Crippen molar-refractivity contribution in [2.75, 3.05) is 0 Å². The monoisotopic (exact) mass is 334 g/mol. The van der Waals surface area contributed by atoms with E-state index >= 15 is 0 Å². The molecule has 0 aliphatic carbocycles. The van der Waals surface area contributed by atoms with Gasteiger partial charge in [-0.2, -0.15) is 5.10 Å². The molecule has 0 bridgehead atoms. The van der Waals surface area contributed by atoms with Crippen LogP contribution in [0.15, 0.2) is 39.9 Å². The maximum absolute atomic E-state index is 12.2. The first-order valence-electron chi connectivity index (χ1n) is 7.13. The van der Waals surface area contributed by atoms with Gasteiger partial charge in [-0.15, -0.1) is 0 Å². The molecule has 0 aliphatic rings. The average molecular weight is 335 g/mol. The Hall–Kier alpha value is -2.27. The third-order valence-electron chi connectivity index (χ3n) is 3.17. The Morgan fingerprint density at radius 3 is 2.65 bits per heavy atom. The Labute approximate surface area is 140 Å². The molecule has 0 fully saturated rings. The van der Waals surface area contributed by atoms with E-state index in [4.69, 9.17) is 20.8 Å². The minimum Gasteiger partial charge on any atom is -0.478 e. The van der Waals surface area contributed by atoms with Gasteiger partial charge in [-0.05, 0) is 63.6 Å². The molecule has 1 aromatic heterocycles. The molecule has 0 saturated carbocycles. The lowest BCUT2D eigenvalue weighted by molar-refractivity contribution is -0.134. The number of ether oxygens (including phenoxy) is 1. The Balaban J connectivity index is 1.98. The van der Waals surface area contributed by atoms with Crippen LogP contribution in [0.5, 0.6) is 5.75 Å². The maximum Gasteiger partial charge on any atom is 0.283 e. The van der Waals surface area contributed by atoms with E-state index < -0.39 is 5.60 Å². The minimum atomic E-state index is -1.09. The van der Waals surface area contributed by atoms with E-state index in [0.29, 0.717) is 16.5 Å². The van der Waals surface area contributed by atoms with Gasteiger partial charge >= 0.3 is 0 Å². The molecule has 2 rings (SSSR count). The molecule has 5 nitrogen and oxygen atoms in total. The molecule has 1 N–H and O–H groups in total. The number of nitrogens with zero attached hydrogens (tertiary/aromatic N) is 1. The molecule has 1 aromatic carbocycles. The number of aryl methyl sites for hydroxylation is 2. The number of halogens is 1. The van der Waals surface area contributed by atoms with Crippen LogP contribution >= 0.6 is 11.6 Å². The summed E-state index contributed by atoms with van der Waals surface area (Å²) in [5.74, 6) is 1.54. The molecule has 0 unspecified atom stereocenters. The van der Waals surface area contributed by atoms with E-state index in [1.807, 2.05) is 19.9 Å². The van der Waals surface area contributed by atoms with E-state index in [1.165, 1.54) is 6.21 Å². The summed E-state index contributed by atoms with van der Waals surface area (Å²) in [6.07, 6.45) is 1.44. The van der Waals surface area contributed by atoms with Gasteiger partial charge in [0.15, 0.2) is 5.60 Å². The van der Waals surface area contributed by atoms with E-state index in [1.54, 1.807) is 38.1 Å². The van der Waals surface area contributed by atoms with Crippen molar-refractivity contribution in [3.05, 3.63) is 52.4 Å². The number of carbonyl (C=O) groups is 1. The maximum atomic E-state index is 12.2. The predicted octanol–water partition coefficient (Wildman–Crippen LogP) is 3.86. The van der Waals surface area contributed by atoms with Crippen molar-refractivity contribution in [2.24, 2.45) is 5.10 Å². The highest BCUT2D eigenvalue weighted by molar-refractivity contribution is 6.31. The second kappa shape index (κ2) is 6.87. The van der Waals surface area contributed by atoms with Crippen molar-refractivity contribution in [3.63, 3.8) is 0 Å². The molecule has 0 radical (unpaired) electrons. The summed E-state index contributed by atoms with van der Waals surface area (Å²) in [5.41, 5.74) is 2.24. The molecular weight excluding hydrogens is 316 g/mol. The van der Waals surface area contributed by atoms with Crippen LogP contribution in [0.4, 0.5) is 0 Å². The van der Waals surface area contributed by atoms with Gasteiger partial charge in [0.2, 0.25) is 0 Å². The molecule has 1 amide bonds. The van der Waals surface area contributed by atoms with Crippen LogP contribution in [0, 0.1) is 13.8 Å². The molecule has 0 aliphatic heterocycles. The fourth-order valence-electron chi connectivity index (χ4n) is 1.83. The number of nitrogens with one attached hydrogen (secondary N) is 1. The number of hydrogen-bond acceptors (Lipinski definition) is 4. The third-order valence-corrected chi connectivity index (χ3v) is 3.59. The Bertz CT molecular complexity index is 735. The van der Waals surface area contributed by atoms with Crippen LogP contribution < -0.4 is 10.2 Å². The molecule has 0 spiro atoms. The summed E-state index contributed by atoms with van der Waals surface area (Å²) in [5, 5.41) is 4.53. The zero-order valence-electron chi connectivity index (χ0n) is 13.5. The molecule has 23 heavy (non-hydrogen) atoms. The van der Waals surface area contributed by atoms with Crippen LogP contribution in [0.3, 0.4) is 0 Å². The Kier molecular flexibility index (Phi) is 5.11. The number of amides is 1. The first-order valence-corrected chi connectivity index (χ1v) is 7.51. The molecule has 6 heteroatoms. The van der Waals surface area contributed by atoms with E-state index in [2.05, 4.69) is 10.5 Å². The van der Waals surface area contributed by atoms with Gasteiger partial charge in [-0.3, -0.25) is 4.79 Å². The van der Waals surface area contributed by atoms with Gasteiger partial charge in [-0.25, -0.2) is 5.43 Å². The second-order valence-electron chi connectivity index (χ2n) is 5.67. The highest BCUT2D eigenvalue weighted by atomic mass is 35.5. The average Bonchev–Trinajstić information content (AvgIpc) is 2.88. The molecule has 0 saturated heterocycles. The predicted molar refractivity (Wildman–Crippen MR) is 90.1 cm³/mol. The number of furan rings is 1. The number of carbonyl (C=O) groups excluding carboxylic acids is 1. The van der Waals surface area contributed by atoms with Gasteiger partial charge in [0, 0.05) is 5.02 Å². The van der Waals surface area contributed by atoms with Crippen LogP contribution in [-0.4, -0.2) is 17.7 Å². The molecular formula is C17H19ClN2O3. The highest BCUT2D eigenvalue weighted by Crippen LogP contribution is 2.24. The van der Waals surface area contributed by atoms with Crippen molar-refractivity contribution in [1.29, 1.82) is 0 Å². The van der Waals surface area contributed by atoms with Crippen LogP contribution in [0.2, 0.25) is 5.02 Å². The number of hydrogen-bond donors (Lipinski definition) is 1. The van der Waals surface area contributed by atoms with Crippen molar-refractivity contribution >= 4 is 23.7 Å². The summed E-state index contributed by atoms with van der Waals surface area (Å²) in [6, 6.07) is 8.82. The van der Waals surface area contributed by atoms with Crippen molar-refractivity contribution in [1.82, 2.24) is 5.43 Å². The molecule has 2 aromatic rings. The first-order chi connectivity index (χ1) is 10.8. The lowest BCUT2D eigenvalue weighted by Gasteiger charge is -2.24. The van der Waals surface area contributed by atoms with Crippen LogP contribution in [-0.2, 0) is 4.79 Å². The van der Waals surface area contributed by atoms with E-state index in [0.717, 1.165) is 11.3 Å². The van der Waals surface area contributed by atoms with Gasteiger partial charge in [-0.1, -0.05) is 11.6 Å². The zero-order valence-corrected chi connectivity index (χ0v) is 14.3. The lowest BCUT2D eigenvalue weighted by Crippen LogP contribution is -2.44. The Morgan fingerprint density at radius 1 is 1.30 bits per heavy atom. The third kappa shape index (κ3) is 4.60. The van der Waals surface area contributed by atoms with Gasteiger partial charge in [0.25, 0.3) is 5.91 Å². The summed E-state index contributed by atoms with van der Waals surface area (Å²) in [4.78, 5) is 12.2. The van der Waals surface area contributed by atoms with Crippen LogP contribution in [0.25, 0.3) is 0 Å². The Morgan fingerprint density at radius 2 is 2.04 bits per heavy atom. The van der Waals surface area contributed by atoms with Crippen molar-refractivity contribution in [3.8, 4) is 5.75 Å². The smallest absolute Gasteiger partial charge is 0.283 e. The standard InChI is InChI=1S/C17H19ClN2O3/c1-11-9-13(7-8-15(11)18)23-17(3,4)16(21)20-19-10-14-6-5-12(2)22-14/h5-10H,1-4H3,(H,20,21). The summed E-state index contributed by atoms with van der Waals surface area (Å²) >= 11 is 5.98. The highest BCUT2D eigenvalue weighted by Gasteiger charge is 2.30. The SMILES string of the molecule is Cc1ccc(C=NNC(=O)C(C)(C)Oc2ccc(Cl)c(C)c2)o1. The zero-order chi connectivity index (χ0) is 17.0. The number of benzene rings is 1. The first kappa shape index (κ1) is 17.1. The molecule has 1 heterocycles. The van der Waals surface area contributed by atoms with Crippen molar-refractivity contribution < 1.29 is 13.9 Å². The normalized spacial score (nSPS) is 11.7. The minimum absolute atomic E-state index is 0.371. The largest absolute Gasteiger partial charge is 0.478 e. The second-order valence-corrected chi connectivity index (χ2v) is 6.08. The van der Waals surface area contributed by atoms with E-state index in [9.17, 15) is 4.79 Å². The summed E-state index contributed by atoms with van der Waals surface area (Å²) < 4.78 is 11.1. The van der Waals surface area contributed by atoms with Crippen molar-refractivity contribution in [2.45, 2.75) is 33.3 Å². The fourth-order valence-corrected chi connectivity index (χ4v) is 1.95. The summed E-state index contributed by atoms with van der Waals surface area (Å²) in [6.45, 7) is 7.04. The molecule has 0 atom stereocenters. The van der Waals surface area contributed by atoms with Gasteiger partial charge in [0.05, 0.1) is 6.21 Å². The number of rotatable bonds is 5. The fraction of sp³-hybridized carbons (Fsp3) is 0.294. The summed E-state index contributed by atoms with van der Waals surface area (Å²) in [7, 11) is 0. The number of hydrazone groups is 1. The van der Waals surface area contributed by atoms with Gasteiger partial charge < -0.3 is 9.15 Å². The quantitative estimate of drug-likeness (QED) is 0.667. The molecule has 122 valence electrons. The van der Waals surface area contributed by atoms with Crippen LogP contribution in [0.1, 0.15) is 30.9 Å². The topological polar surface area (TPSA) is 63.8 Å². The van der Waals surface area contributed by atoms with E-state index in [-0.39, 0.29) is 5.91 Å². The van der Waals surface area contributed by atoms with Gasteiger partial charge in [0.1, 0.15) is 17.3 Å². The lowest BCUT2D eigenvalue weighted by atomic mass is 10.1.